The zero-order chi connectivity index (χ0) is 13.4. The summed E-state index contributed by atoms with van der Waals surface area (Å²) in [6.07, 6.45) is 8.03. The van der Waals surface area contributed by atoms with Gasteiger partial charge in [0.2, 0.25) is 0 Å². The minimum absolute atomic E-state index is 0.213. The Kier molecular flexibility index (Phi) is 3.60. The van der Waals surface area contributed by atoms with Crippen LogP contribution in [0.2, 0.25) is 0 Å². The monoisotopic (exact) mass is 267 g/mol. The van der Waals surface area contributed by atoms with Crippen LogP contribution in [0.15, 0.2) is 12.2 Å². The van der Waals surface area contributed by atoms with Crippen LogP contribution in [-0.4, -0.2) is 42.0 Å². The molecule has 0 unspecified atom stereocenters. The summed E-state index contributed by atoms with van der Waals surface area (Å²) in [5, 5.41) is 8.55. The standard InChI is InChI=1S/C14H21NO4/c15-7-9-8(5-3-1-2-4-6-10(16)17)11-13-14(19-13)12(9)18-11/h1,3,8-9,11-14H,2,4-7,15H2,(H,16,17)/b3-1-/t8-,9+,11+,12-,13-,14+/m0/s1. The molecule has 3 aliphatic rings. The van der Waals surface area contributed by atoms with Crippen molar-refractivity contribution in [1.82, 2.24) is 0 Å². The van der Waals surface area contributed by atoms with E-state index in [2.05, 4.69) is 12.2 Å². The molecule has 19 heavy (non-hydrogen) atoms. The fraction of sp³-hybridized carbons (Fsp3) is 0.786. The molecule has 3 heterocycles. The molecule has 6 atom stereocenters. The molecule has 3 aliphatic heterocycles. The van der Waals surface area contributed by atoms with Crippen LogP contribution in [0.25, 0.3) is 0 Å². The third-order valence-electron chi connectivity index (χ3n) is 4.53. The molecule has 106 valence electrons. The molecule has 5 heteroatoms. The van der Waals surface area contributed by atoms with Crippen LogP contribution in [0.5, 0.6) is 0 Å². The number of carboxylic acid groups (broad SMARTS) is 1. The molecule has 2 bridgehead atoms. The molecule has 0 aromatic heterocycles. The summed E-state index contributed by atoms with van der Waals surface area (Å²) in [4.78, 5) is 10.4. The topological polar surface area (TPSA) is 85.1 Å². The first-order valence-corrected chi connectivity index (χ1v) is 7.10. The molecule has 0 radical (unpaired) electrons. The molecule has 3 rings (SSSR count). The van der Waals surface area contributed by atoms with Crippen LogP contribution in [0.3, 0.4) is 0 Å². The van der Waals surface area contributed by atoms with Crippen LogP contribution < -0.4 is 5.73 Å². The molecule has 3 fully saturated rings. The number of fused-ring (bicyclic) bond motifs is 5. The highest BCUT2D eigenvalue weighted by Crippen LogP contribution is 2.54. The van der Waals surface area contributed by atoms with Gasteiger partial charge in [0.15, 0.2) is 0 Å². The SMILES string of the molecule is NC[C@@H]1[C@H](C/C=C\CCCC(=O)O)[C@H]2O[C@@H]1[C@H]1O[C@H]12. The Balaban J connectivity index is 1.45. The zero-order valence-corrected chi connectivity index (χ0v) is 10.9. The van der Waals surface area contributed by atoms with Crippen molar-refractivity contribution in [3.05, 3.63) is 12.2 Å². The van der Waals surface area contributed by atoms with E-state index in [0.717, 1.165) is 12.8 Å². The number of nitrogens with two attached hydrogens (primary N) is 1. The summed E-state index contributed by atoms with van der Waals surface area (Å²) in [5.74, 6) is 0.155. The third kappa shape index (κ3) is 2.42. The van der Waals surface area contributed by atoms with Crippen molar-refractivity contribution in [2.45, 2.75) is 50.1 Å². The Hall–Kier alpha value is -0.910. The second kappa shape index (κ2) is 5.23. The van der Waals surface area contributed by atoms with Gasteiger partial charge in [0.1, 0.15) is 12.2 Å². The van der Waals surface area contributed by atoms with Gasteiger partial charge in [-0.25, -0.2) is 0 Å². The Labute approximate surface area is 112 Å². The number of epoxide rings is 1. The van der Waals surface area contributed by atoms with Crippen LogP contribution in [0, 0.1) is 11.8 Å². The number of carbonyl (C=O) groups is 1. The number of ether oxygens (including phenoxy) is 2. The largest absolute Gasteiger partial charge is 0.481 e. The van der Waals surface area contributed by atoms with Gasteiger partial charge in [-0.15, -0.1) is 0 Å². The van der Waals surface area contributed by atoms with Gasteiger partial charge in [0, 0.05) is 12.3 Å². The van der Waals surface area contributed by atoms with E-state index >= 15 is 0 Å². The maximum atomic E-state index is 10.4. The van der Waals surface area contributed by atoms with Crippen molar-refractivity contribution < 1.29 is 19.4 Å². The molecule has 5 nitrogen and oxygen atoms in total. The van der Waals surface area contributed by atoms with E-state index in [1.165, 1.54) is 0 Å². The molecule has 3 N–H and O–H groups in total. The van der Waals surface area contributed by atoms with Crippen molar-refractivity contribution in [1.29, 1.82) is 0 Å². The first-order valence-electron chi connectivity index (χ1n) is 7.10. The van der Waals surface area contributed by atoms with Crippen LogP contribution in [0.1, 0.15) is 25.7 Å². The van der Waals surface area contributed by atoms with Gasteiger partial charge < -0.3 is 20.3 Å². The van der Waals surface area contributed by atoms with E-state index in [9.17, 15) is 4.79 Å². The Morgan fingerprint density at radius 2 is 1.79 bits per heavy atom. The lowest BCUT2D eigenvalue weighted by Crippen LogP contribution is -2.37. The zero-order valence-electron chi connectivity index (χ0n) is 10.9. The maximum absolute atomic E-state index is 10.4. The summed E-state index contributed by atoms with van der Waals surface area (Å²) < 4.78 is 11.5. The summed E-state index contributed by atoms with van der Waals surface area (Å²) in [5.41, 5.74) is 5.85. The fourth-order valence-corrected chi connectivity index (χ4v) is 3.54. The first-order chi connectivity index (χ1) is 9.22. The van der Waals surface area contributed by atoms with Crippen molar-refractivity contribution in [3.63, 3.8) is 0 Å². The highest BCUT2D eigenvalue weighted by atomic mass is 16.7. The van der Waals surface area contributed by atoms with E-state index in [1.54, 1.807) is 0 Å². The average Bonchev–Trinajstić information content (AvgIpc) is 3.01. The lowest BCUT2D eigenvalue weighted by atomic mass is 9.77. The quantitative estimate of drug-likeness (QED) is 0.407. The highest BCUT2D eigenvalue weighted by Gasteiger charge is 2.68. The molecule has 0 spiro atoms. The molecular weight excluding hydrogens is 246 g/mol. The van der Waals surface area contributed by atoms with Crippen LogP contribution >= 0.6 is 0 Å². The summed E-state index contributed by atoms with van der Waals surface area (Å²) in [7, 11) is 0. The number of hydrogen-bond donors (Lipinski definition) is 2. The molecule has 3 saturated heterocycles. The predicted octanol–water partition coefficient (Wildman–Crippen LogP) is 0.927. The molecule has 0 aliphatic carbocycles. The Morgan fingerprint density at radius 1 is 1.11 bits per heavy atom. The van der Waals surface area contributed by atoms with E-state index < -0.39 is 5.97 Å². The van der Waals surface area contributed by atoms with Gasteiger partial charge >= 0.3 is 5.97 Å². The number of allylic oxidation sites excluding steroid dienone is 2. The van der Waals surface area contributed by atoms with Gasteiger partial charge in [-0.1, -0.05) is 12.2 Å². The maximum Gasteiger partial charge on any atom is 0.303 e. The third-order valence-corrected chi connectivity index (χ3v) is 4.53. The number of hydrogen-bond acceptors (Lipinski definition) is 4. The highest BCUT2D eigenvalue weighted by molar-refractivity contribution is 5.66. The Morgan fingerprint density at radius 3 is 2.47 bits per heavy atom. The summed E-state index contributed by atoms with van der Waals surface area (Å²) in [6.45, 7) is 0.658. The second-order valence-corrected chi connectivity index (χ2v) is 5.69. The van der Waals surface area contributed by atoms with Gasteiger partial charge in [0.25, 0.3) is 0 Å². The summed E-state index contributed by atoms with van der Waals surface area (Å²) >= 11 is 0. The number of unbranched alkanes of at least 4 members (excludes halogenated alkanes) is 1. The molecule has 0 aromatic carbocycles. The molecule has 0 aromatic rings. The lowest BCUT2D eigenvalue weighted by molar-refractivity contribution is -0.137. The van der Waals surface area contributed by atoms with Crippen molar-refractivity contribution in [3.8, 4) is 0 Å². The van der Waals surface area contributed by atoms with Crippen LogP contribution in [-0.2, 0) is 14.3 Å². The summed E-state index contributed by atoms with van der Waals surface area (Å²) in [6, 6.07) is 0. The van der Waals surface area contributed by atoms with Gasteiger partial charge in [0.05, 0.1) is 12.2 Å². The van der Waals surface area contributed by atoms with E-state index in [4.69, 9.17) is 20.3 Å². The number of aliphatic carboxylic acids is 1. The number of carboxylic acids is 1. The van der Waals surface area contributed by atoms with Gasteiger partial charge in [-0.05, 0) is 31.7 Å². The Bertz CT molecular complexity index is 384. The fourth-order valence-electron chi connectivity index (χ4n) is 3.54. The van der Waals surface area contributed by atoms with E-state index in [1.807, 2.05) is 0 Å². The molecule has 0 amide bonds. The molecule has 0 saturated carbocycles. The average molecular weight is 267 g/mol. The van der Waals surface area contributed by atoms with Crippen molar-refractivity contribution in [2.24, 2.45) is 17.6 Å². The molecular formula is C14H21NO4. The normalized spacial score (nSPS) is 42.8. The minimum Gasteiger partial charge on any atom is -0.481 e. The van der Waals surface area contributed by atoms with Crippen LogP contribution in [0.4, 0.5) is 0 Å². The van der Waals surface area contributed by atoms with Gasteiger partial charge in [-0.2, -0.15) is 0 Å². The number of rotatable bonds is 7. The van der Waals surface area contributed by atoms with E-state index in [-0.39, 0.29) is 18.6 Å². The minimum atomic E-state index is -0.727. The smallest absolute Gasteiger partial charge is 0.303 e. The van der Waals surface area contributed by atoms with Crippen molar-refractivity contribution in [2.75, 3.05) is 6.54 Å². The van der Waals surface area contributed by atoms with Gasteiger partial charge in [-0.3, -0.25) is 4.79 Å². The first kappa shape index (κ1) is 13.1. The lowest BCUT2D eigenvalue weighted by Gasteiger charge is -2.23. The predicted molar refractivity (Wildman–Crippen MR) is 68.6 cm³/mol. The second-order valence-electron chi connectivity index (χ2n) is 5.69. The van der Waals surface area contributed by atoms with Crippen molar-refractivity contribution >= 4 is 5.97 Å². The van der Waals surface area contributed by atoms with E-state index in [0.29, 0.717) is 37.0 Å².